The number of rotatable bonds is 5. The summed E-state index contributed by atoms with van der Waals surface area (Å²) in [6.07, 6.45) is 3.68. The highest BCUT2D eigenvalue weighted by Gasteiger charge is 2.29. The molecule has 0 aliphatic carbocycles. The molecule has 4 aromatic rings. The van der Waals surface area contributed by atoms with Crippen LogP contribution < -0.4 is 0 Å². The minimum absolute atomic E-state index is 0.0248. The standard InChI is InChI=1S/C26H24N4O3S/c1-3-34(32,33)22-9-10-23(19-7-5-4-6-8-19)24(14-22)26(31)29-15-20-16-30(28-25(20)17-29)21-11-12-27-18(2)13-21/h4-14,16H,3,15,17H2,1-2H3. The zero-order valence-electron chi connectivity index (χ0n) is 19.0. The van der Waals surface area contributed by atoms with Gasteiger partial charge in [0.25, 0.3) is 5.91 Å². The third kappa shape index (κ3) is 4.01. The maximum Gasteiger partial charge on any atom is 0.255 e. The largest absolute Gasteiger partial charge is 0.328 e. The fourth-order valence-corrected chi connectivity index (χ4v) is 5.11. The summed E-state index contributed by atoms with van der Waals surface area (Å²) in [6.45, 7) is 4.31. The molecule has 5 rings (SSSR count). The van der Waals surface area contributed by atoms with Crippen LogP contribution in [0, 0.1) is 6.92 Å². The zero-order chi connectivity index (χ0) is 23.9. The van der Waals surface area contributed by atoms with Gasteiger partial charge in [0.1, 0.15) is 0 Å². The number of aryl methyl sites for hydroxylation is 1. The van der Waals surface area contributed by atoms with Crippen molar-refractivity contribution in [3.63, 3.8) is 0 Å². The summed E-state index contributed by atoms with van der Waals surface area (Å²) in [5.74, 6) is -0.237. The second-order valence-electron chi connectivity index (χ2n) is 8.34. The zero-order valence-corrected chi connectivity index (χ0v) is 19.8. The monoisotopic (exact) mass is 472 g/mol. The topological polar surface area (TPSA) is 85.2 Å². The van der Waals surface area contributed by atoms with E-state index in [2.05, 4.69) is 10.1 Å². The number of pyridine rings is 1. The Morgan fingerprint density at radius 2 is 1.82 bits per heavy atom. The second kappa shape index (κ2) is 8.53. The Hall–Kier alpha value is -3.78. The van der Waals surface area contributed by atoms with Crippen LogP contribution in [-0.4, -0.2) is 39.7 Å². The molecule has 0 N–H and O–H groups in total. The molecule has 1 aliphatic heterocycles. The molecule has 0 atom stereocenters. The number of aromatic nitrogens is 3. The van der Waals surface area contributed by atoms with Crippen LogP contribution in [0.3, 0.4) is 0 Å². The van der Waals surface area contributed by atoms with Crippen molar-refractivity contribution >= 4 is 15.7 Å². The summed E-state index contributed by atoms with van der Waals surface area (Å²) < 4.78 is 26.9. The molecule has 1 amide bonds. The molecular formula is C26H24N4O3S. The highest BCUT2D eigenvalue weighted by atomic mass is 32.2. The van der Waals surface area contributed by atoms with E-state index in [4.69, 9.17) is 0 Å². The fourth-order valence-electron chi connectivity index (χ4n) is 4.20. The van der Waals surface area contributed by atoms with Crippen molar-refractivity contribution < 1.29 is 13.2 Å². The summed E-state index contributed by atoms with van der Waals surface area (Å²) in [4.78, 5) is 19.8. The lowest BCUT2D eigenvalue weighted by Crippen LogP contribution is -2.26. The maximum atomic E-state index is 13.7. The number of fused-ring (bicyclic) bond motifs is 1. The molecule has 1 aliphatic rings. The lowest BCUT2D eigenvalue weighted by atomic mass is 9.99. The minimum atomic E-state index is -3.45. The molecule has 0 saturated carbocycles. The normalized spacial score (nSPS) is 13.2. The Morgan fingerprint density at radius 1 is 1.03 bits per heavy atom. The quantitative estimate of drug-likeness (QED) is 0.435. The van der Waals surface area contributed by atoms with Gasteiger partial charge in [-0.2, -0.15) is 5.10 Å². The minimum Gasteiger partial charge on any atom is -0.328 e. The Kier molecular flexibility index (Phi) is 5.53. The Morgan fingerprint density at radius 3 is 2.53 bits per heavy atom. The van der Waals surface area contributed by atoms with E-state index in [0.717, 1.165) is 28.2 Å². The molecule has 8 heteroatoms. The molecule has 0 unspecified atom stereocenters. The van der Waals surface area contributed by atoms with Gasteiger partial charge in [0.15, 0.2) is 9.84 Å². The van der Waals surface area contributed by atoms with Crippen LogP contribution in [0.4, 0.5) is 0 Å². The summed E-state index contributed by atoms with van der Waals surface area (Å²) >= 11 is 0. The molecule has 7 nitrogen and oxygen atoms in total. The van der Waals surface area contributed by atoms with Gasteiger partial charge in [-0.25, -0.2) is 13.1 Å². The van der Waals surface area contributed by atoms with Gasteiger partial charge < -0.3 is 4.90 Å². The van der Waals surface area contributed by atoms with Crippen molar-refractivity contribution in [2.75, 3.05) is 5.75 Å². The highest BCUT2D eigenvalue weighted by molar-refractivity contribution is 7.91. The van der Waals surface area contributed by atoms with Crippen LogP contribution >= 0.6 is 0 Å². The van der Waals surface area contributed by atoms with Gasteiger partial charge in [-0.15, -0.1) is 0 Å². The van der Waals surface area contributed by atoms with E-state index in [1.165, 1.54) is 6.07 Å². The van der Waals surface area contributed by atoms with Crippen LogP contribution in [0.25, 0.3) is 16.8 Å². The summed E-state index contributed by atoms with van der Waals surface area (Å²) in [7, 11) is -3.45. The van der Waals surface area contributed by atoms with Crippen molar-refractivity contribution in [1.29, 1.82) is 0 Å². The number of hydrogen-bond acceptors (Lipinski definition) is 5. The molecule has 2 aromatic carbocycles. The molecule has 172 valence electrons. The molecule has 0 saturated heterocycles. The van der Waals surface area contributed by atoms with Crippen LogP contribution in [0.2, 0.25) is 0 Å². The first kappa shape index (κ1) is 22.0. The third-order valence-corrected chi connectivity index (χ3v) is 7.79. The summed E-state index contributed by atoms with van der Waals surface area (Å²) in [6, 6.07) is 18.2. The number of amides is 1. The van der Waals surface area contributed by atoms with E-state index >= 15 is 0 Å². The third-order valence-electron chi connectivity index (χ3n) is 6.06. The van der Waals surface area contributed by atoms with Crippen molar-refractivity contribution in [2.24, 2.45) is 0 Å². The van der Waals surface area contributed by atoms with Crippen molar-refractivity contribution in [3.8, 4) is 16.8 Å². The molecule has 0 radical (unpaired) electrons. The van der Waals surface area contributed by atoms with Crippen LogP contribution in [0.1, 0.15) is 34.2 Å². The molecule has 2 aromatic heterocycles. The first-order valence-electron chi connectivity index (χ1n) is 11.1. The van der Waals surface area contributed by atoms with Crippen molar-refractivity contribution in [3.05, 3.63) is 95.6 Å². The van der Waals surface area contributed by atoms with Crippen LogP contribution in [0.15, 0.2) is 78.0 Å². The number of benzene rings is 2. The molecule has 0 spiro atoms. The Balaban J connectivity index is 1.48. The predicted molar refractivity (Wildman–Crippen MR) is 129 cm³/mol. The molecular weight excluding hydrogens is 448 g/mol. The second-order valence-corrected chi connectivity index (χ2v) is 10.6. The van der Waals surface area contributed by atoms with Crippen LogP contribution in [-0.2, 0) is 22.9 Å². The molecule has 34 heavy (non-hydrogen) atoms. The summed E-state index contributed by atoms with van der Waals surface area (Å²) in [5, 5.41) is 4.68. The lowest BCUT2D eigenvalue weighted by molar-refractivity contribution is 0.0749. The molecule has 3 heterocycles. The summed E-state index contributed by atoms with van der Waals surface area (Å²) in [5.41, 5.74) is 5.58. The first-order chi connectivity index (χ1) is 16.4. The van der Waals surface area contributed by atoms with E-state index < -0.39 is 9.84 Å². The average Bonchev–Trinajstić information content (AvgIpc) is 3.43. The van der Waals surface area contributed by atoms with Gasteiger partial charge in [0, 0.05) is 35.8 Å². The smallest absolute Gasteiger partial charge is 0.255 e. The average molecular weight is 473 g/mol. The van der Waals surface area contributed by atoms with Gasteiger partial charge in [-0.1, -0.05) is 43.3 Å². The number of carbonyl (C=O) groups excluding carboxylic acids is 1. The van der Waals surface area contributed by atoms with E-state index in [9.17, 15) is 13.2 Å². The SMILES string of the molecule is CCS(=O)(=O)c1ccc(-c2ccccc2)c(C(=O)N2Cc3cn(-c4ccnc(C)c4)nc3C2)c1. The lowest BCUT2D eigenvalue weighted by Gasteiger charge is -2.19. The van der Waals surface area contributed by atoms with Gasteiger partial charge >= 0.3 is 0 Å². The number of carbonyl (C=O) groups is 1. The fraction of sp³-hybridized carbons (Fsp3) is 0.192. The molecule has 0 fully saturated rings. The van der Waals surface area contributed by atoms with E-state index in [-0.39, 0.29) is 16.6 Å². The Bertz CT molecular complexity index is 1470. The maximum absolute atomic E-state index is 13.7. The first-order valence-corrected chi connectivity index (χ1v) is 12.7. The number of sulfone groups is 1. The van der Waals surface area contributed by atoms with Crippen molar-refractivity contribution in [1.82, 2.24) is 19.7 Å². The van der Waals surface area contributed by atoms with E-state index in [0.29, 0.717) is 24.2 Å². The van der Waals surface area contributed by atoms with E-state index in [1.54, 1.807) is 30.2 Å². The van der Waals surface area contributed by atoms with Gasteiger partial charge in [-0.3, -0.25) is 9.78 Å². The number of nitrogens with zero attached hydrogens (tertiary/aromatic N) is 4. The van der Waals surface area contributed by atoms with E-state index in [1.807, 2.05) is 60.3 Å². The van der Waals surface area contributed by atoms with Crippen molar-refractivity contribution in [2.45, 2.75) is 31.8 Å². The van der Waals surface area contributed by atoms with Gasteiger partial charge in [0.2, 0.25) is 0 Å². The highest BCUT2D eigenvalue weighted by Crippen LogP contribution is 2.31. The van der Waals surface area contributed by atoms with Gasteiger partial charge in [-0.05, 0) is 42.3 Å². The Labute approximate surface area is 198 Å². The van der Waals surface area contributed by atoms with Crippen LogP contribution in [0.5, 0.6) is 0 Å². The number of hydrogen-bond donors (Lipinski definition) is 0. The molecule has 0 bridgehead atoms. The van der Waals surface area contributed by atoms with Gasteiger partial charge in [0.05, 0.1) is 28.6 Å². The predicted octanol–water partition coefficient (Wildman–Crippen LogP) is 4.19.